The molecule has 0 bridgehead atoms. The summed E-state index contributed by atoms with van der Waals surface area (Å²) in [4.78, 5) is 26.4. The smallest absolute Gasteiger partial charge is 0.409 e. The van der Waals surface area contributed by atoms with Crippen molar-refractivity contribution in [2.45, 2.75) is 124 Å². The largest absolute Gasteiger partial charge is 0.466 e. The normalized spacial score (nSPS) is 11.1. The number of unbranched alkanes of at least 4 members (excludes halogenated alkanes) is 10. The van der Waals surface area contributed by atoms with Gasteiger partial charge in [0.2, 0.25) is 0 Å². The van der Waals surface area contributed by atoms with Gasteiger partial charge in [0.25, 0.3) is 0 Å². The van der Waals surface area contributed by atoms with Gasteiger partial charge in [0.15, 0.2) is 6.29 Å². The third-order valence-electron chi connectivity index (χ3n) is 5.66. The van der Waals surface area contributed by atoms with E-state index in [0.717, 1.165) is 32.1 Å². The first kappa shape index (κ1) is 32.7. The lowest BCUT2D eigenvalue weighted by atomic mass is 10.1. The average molecular weight is 488 g/mol. The summed E-state index contributed by atoms with van der Waals surface area (Å²) in [5.41, 5.74) is 0. The fourth-order valence-corrected chi connectivity index (χ4v) is 3.66. The maximum Gasteiger partial charge on any atom is 0.409 e. The molecule has 0 aliphatic carbocycles. The van der Waals surface area contributed by atoms with E-state index in [4.69, 9.17) is 18.9 Å². The van der Waals surface area contributed by atoms with Gasteiger partial charge < -0.3 is 23.8 Å². The third kappa shape index (κ3) is 20.1. The number of ether oxygens (including phenoxy) is 4. The van der Waals surface area contributed by atoms with Gasteiger partial charge in [-0.3, -0.25) is 4.79 Å². The van der Waals surface area contributed by atoms with Crippen LogP contribution in [0.2, 0.25) is 0 Å². The van der Waals surface area contributed by atoms with Gasteiger partial charge in [-0.25, -0.2) is 4.79 Å². The lowest BCUT2D eigenvalue weighted by molar-refractivity contribution is -0.158. The van der Waals surface area contributed by atoms with Crippen LogP contribution in [0.25, 0.3) is 0 Å². The third-order valence-corrected chi connectivity index (χ3v) is 5.66. The molecule has 0 aliphatic rings. The van der Waals surface area contributed by atoms with Crippen molar-refractivity contribution in [2.75, 3.05) is 39.5 Å². The summed E-state index contributed by atoms with van der Waals surface area (Å²) in [6, 6.07) is 0. The van der Waals surface area contributed by atoms with E-state index in [1.165, 1.54) is 44.9 Å². The second kappa shape index (κ2) is 24.8. The Morgan fingerprint density at radius 1 is 0.647 bits per heavy atom. The Hall–Kier alpha value is -1.34. The summed E-state index contributed by atoms with van der Waals surface area (Å²) < 4.78 is 21.7. The van der Waals surface area contributed by atoms with Gasteiger partial charge in [-0.15, -0.1) is 0 Å². The van der Waals surface area contributed by atoms with Gasteiger partial charge in [-0.1, -0.05) is 71.6 Å². The maximum atomic E-state index is 12.7. The molecule has 7 heteroatoms. The molecule has 7 nitrogen and oxygen atoms in total. The van der Waals surface area contributed by atoms with Crippen LogP contribution in [-0.4, -0.2) is 62.8 Å². The molecule has 0 aromatic carbocycles. The fourth-order valence-electron chi connectivity index (χ4n) is 3.66. The lowest BCUT2D eigenvalue weighted by Gasteiger charge is -2.24. The number of hydrogen-bond donors (Lipinski definition) is 0. The number of rotatable bonds is 24. The number of hydrogen-bond acceptors (Lipinski definition) is 6. The van der Waals surface area contributed by atoms with Crippen molar-refractivity contribution >= 4 is 12.1 Å². The molecule has 1 amide bonds. The van der Waals surface area contributed by atoms with Crippen LogP contribution in [0.1, 0.15) is 118 Å². The molecule has 0 radical (unpaired) electrons. The second-order valence-corrected chi connectivity index (χ2v) is 8.76. The molecule has 0 N–H and O–H groups in total. The predicted octanol–water partition coefficient (Wildman–Crippen LogP) is 6.87. The van der Waals surface area contributed by atoms with Crippen LogP contribution in [0.15, 0.2) is 0 Å². The van der Waals surface area contributed by atoms with Crippen LogP contribution in [0.4, 0.5) is 4.79 Å². The summed E-state index contributed by atoms with van der Waals surface area (Å²) in [6.45, 7) is 11.0. The molecule has 0 aromatic rings. The second-order valence-electron chi connectivity index (χ2n) is 8.76. The summed E-state index contributed by atoms with van der Waals surface area (Å²) in [7, 11) is 0. The molecular formula is C27H53NO6. The zero-order valence-corrected chi connectivity index (χ0v) is 22.6. The van der Waals surface area contributed by atoms with E-state index in [1.807, 2.05) is 13.8 Å². The van der Waals surface area contributed by atoms with Gasteiger partial charge >= 0.3 is 12.1 Å². The highest BCUT2D eigenvalue weighted by Gasteiger charge is 2.18. The lowest BCUT2D eigenvalue weighted by Crippen LogP contribution is -2.36. The summed E-state index contributed by atoms with van der Waals surface area (Å²) in [5, 5.41) is 0. The van der Waals surface area contributed by atoms with E-state index in [0.29, 0.717) is 45.8 Å². The molecule has 0 saturated heterocycles. The van der Waals surface area contributed by atoms with Crippen LogP contribution < -0.4 is 0 Å². The molecule has 0 heterocycles. The van der Waals surface area contributed by atoms with Gasteiger partial charge in [0.1, 0.15) is 6.61 Å². The number of carbonyl (C=O) groups is 2. The van der Waals surface area contributed by atoms with Gasteiger partial charge in [0, 0.05) is 32.7 Å². The van der Waals surface area contributed by atoms with E-state index in [9.17, 15) is 9.59 Å². The fraction of sp³-hybridized carbons (Fsp3) is 0.926. The Labute approximate surface area is 209 Å². The zero-order chi connectivity index (χ0) is 25.3. The van der Waals surface area contributed by atoms with Crippen molar-refractivity contribution in [1.29, 1.82) is 0 Å². The number of nitrogens with zero attached hydrogens (tertiary/aromatic N) is 1. The topological polar surface area (TPSA) is 74.3 Å². The summed E-state index contributed by atoms with van der Waals surface area (Å²) in [6.07, 6.45) is 13.7. The first-order valence-corrected chi connectivity index (χ1v) is 13.9. The van der Waals surface area contributed by atoms with Crippen LogP contribution in [0.5, 0.6) is 0 Å². The molecular weight excluding hydrogens is 434 g/mol. The minimum absolute atomic E-state index is 0.0814. The van der Waals surface area contributed by atoms with Crippen molar-refractivity contribution in [3.63, 3.8) is 0 Å². The minimum Gasteiger partial charge on any atom is -0.466 e. The summed E-state index contributed by atoms with van der Waals surface area (Å²) in [5.74, 6) is -0.142. The highest BCUT2D eigenvalue weighted by Crippen LogP contribution is 2.10. The Balaban J connectivity index is 4.33. The van der Waals surface area contributed by atoms with E-state index in [2.05, 4.69) is 13.8 Å². The number of carbonyl (C=O) groups excluding carboxylic acids is 2. The minimum atomic E-state index is -0.536. The van der Waals surface area contributed by atoms with Crippen LogP contribution >= 0.6 is 0 Å². The van der Waals surface area contributed by atoms with Crippen LogP contribution in [0, 0.1) is 0 Å². The van der Waals surface area contributed by atoms with Crippen molar-refractivity contribution < 1.29 is 28.5 Å². The zero-order valence-electron chi connectivity index (χ0n) is 22.6. The molecule has 0 aliphatic heterocycles. The van der Waals surface area contributed by atoms with E-state index in [1.54, 1.807) is 4.90 Å². The highest BCUT2D eigenvalue weighted by molar-refractivity contribution is 5.69. The summed E-state index contributed by atoms with van der Waals surface area (Å²) >= 11 is 0. The van der Waals surface area contributed by atoms with Crippen LogP contribution in [0.3, 0.4) is 0 Å². The van der Waals surface area contributed by atoms with Crippen molar-refractivity contribution in [2.24, 2.45) is 0 Å². The van der Waals surface area contributed by atoms with Crippen molar-refractivity contribution in [1.82, 2.24) is 4.90 Å². The van der Waals surface area contributed by atoms with Crippen molar-refractivity contribution in [3.05, 3.63) is 0 Å². The van der Waals surface area contributed by atoms with E-state index in [-0.39, 0.29) is 18.7 Å². The quantitative estimate of drug-likeness (QED) is 0.0840. The number of esters is 1. The molecule has 0 fully saturated rings. The van der Waals surface area contributed by atoms with Gasteiger partial charge in [0.05, 0.1) is 6.61 Å². The molecule has 0 saturated carbocycles. The molecule has 0 unspecified atom stereocenters. The standard InChI is InChI=1S/C27H53NO6/c1-5-9-11-13-14-17-21-28(27(30)34-24-26(31-7-3)32-8-4)22-18-16-20-25(29)33-23-19-15-12-10-6-2/h26H,5-24H2,1-4H3. The SMILES string of the molecule is CCCCCCCCN(CCCCC(=O)OCCCCCCC)C(=O)OCC(OCC)OCC. The monoisotopic (exact) mass is 487 g/mol. The highest BCUT2D eigenvalue weighted by atomic mass is 16.7. The Kier molecular flexibility index (Phi) is 23.8. The van der Waals surface area contributed by atoms with Crippen LogP contribution in [-0.2, 0) is 23.7 Å². The molecule has 202 valence electrons. The van der Waals surface area contributed by atoms with Gasteiger partial charge in [-0.2, -0.15) is 0 Å². The molecule has 0 spiro atoms. The molecule has 0 aromatic heterocycles. The number of amides is 1. The molecule has 34 heavy (non-hydrogen) atoms. The average Bonchev–Trinajstić information content (AvgIpc) is 2.83. The van der Waals surface area contributed by atoms with Gasteiger partial charge in [-0.05, 0) is 39.5 Å². The van der Waals surface area contributed by atoms with Crippen molar-refractivity contribution in [3.8, 4) is 0 Å². The van der Waals surface area contributed by atoms with E-state index < -0.39 is 6.29 Å². The molecule has 0 atom stereocenters. The maximum absolute atomic E-state index is 12.7. The first-order chi connectivity index (χ1) is 16.6. The Bertz CT molecular complexity index is 468. The van der Waals surface area contributed by atoms with E-state index >= 15 is 0 Å². The predicted molar refractivity (Wildman–Crippen MR) is 137 cm³/mol. The first-order valence-electron chi connectivity index (χ1n) is 13.9. The Morgan fingerprint density at radius 2 is 1.18 bits per heavy atom. The molecule has 0 rings (SSSR count). The Morgan fingerprint density at radius 3 is 1.76 bits per heavy atom.